The fourth-order valence-electron chi connectivity index (χ4n) is 1.90. The summed E-state index contributed by atoms with van der Waals surface area (Å²) in [5, 5.41) is 13.4. The molecule has 2 N–H and O–H groups in total. The molecule has 1 aliphatic heterocycles. The van der Waals surface area contributed by atoms with Gasteiger partial charge in [0, 0.05) is 17.9 Å². The van der Waals surface area contributed by atoms with E-state index in [2.05, 4.69) is 5.32 Å². The van der Waals surface area contributed by atoms with Gasteiger partial charge in [0.25, 0.3) is 5.91 Å². The minimum absolute atomic E-state index is 0.104. The lowest BCUT2D eigenvalue weighted by Gasteiger charge is -2.22. The van der Waals surface area contributed by atoms with E-state index in [1.807, 2.05) is 11.8 Å². The van der Waals surface area contributed by atoms with Crippen molar-refractivity contribution in [3.8, 4) is 0 Å². The van der Waals surface area contributed by atoms with E-state index in [1.165, 1.54) is 17.4 Å². The second kappa shape index (κ2) is 6.77. The molecule has 0 aliphatic carbocycles. The number of thiophene rings is 1. The van der Waals surface area contributed by atoms with Gasteiger partial charge in [-0.15, -0.1) is 11.3 Å². The number of rotatable bonds is 4. The van der Waals surface area contributed by atoms with Gasteiger partial charge in [-0.05, 0) is 41.7 Å². The third kappa shape index (κ3) is 4.11. The highest BCUT2D eigenvalue weighted by Crippen LogP contribution is 2.21. The summed E-state index contributed by atoms with van der Waals surface area (Å²) >= 11 is 3.19. The van der Waals surface area contributed by atoms with E-state index in [4.69, 9.17) is 5.11 Å². The molecule has 19 heavy (non-hydrogen) atoms. The fraction of sp³-hybridized carbons (Fsp3) is 0.385. The van der Waals surface area contributed by atoms with Gasteiger partial charge >= 0.3 is 5.97 Å². The number of carbonyl (C=O) groups excluding carboxylic acids is 1. The van der Waals surface area contributed by atoms with Crippen molar-refractivity contribution in [3.05, 3.63) is 28.0 Å². The molecule has 0 saturated carbocycles. The molecule has 1 atom stereocenters. The van der Waals surface area contributed by atoms with Crippen LogP contribution in [0.1, 0.15) is 28.1 Å². The molecule has 1 fully saturated rings. The van der Waals surface area contributed by atoms with Gasteiger partial charge in [0.1, 0.15) is 0 Å². The van der Waals surface area contributed by atoms with E-state index in [9.17, 15) is 9.59 Å². The molecule has 2 rings (SSSR count). The van der Waals surface area contributed by atoms with Crippen molar-refractivity contribution in [2.45, 2.75) is 18.9 Å². The van der Waals surface area contributed by atoms with Crippen LogP contribution in [0, 0.1) is 0 Å². The van der Waals surface area contributed by atoms with Gasteiger partial charge in [-0.3, -0.25) is 4.79 Å². The van der Waals surface area contributed by atoms with Gasteiger partial charge < -0.3 is 10.4 Å². The van der Waals surface area contributed by atoms with Crippen molar-refractivity contribution in [2.24, 2.45) is 0 Å². The summed E-state index contributed by atoms with van der Waals surface area (Å²) in [5.41, 5.74) is 0.661. The van der Waals surface area contributed by atoms with Crippen molar-refractivity contribution in [1.82, 2.24) is 5.32 Å². The summed E-state index contributed by atoms with van der Waals surface area (Å²) in [5.74, 6) is 1.00. The van der Waals surface area contributed by atoms with Gasteiger partial charge in [0.05, 0.1) is 4.88 Å². The number of aliphatic carboxylic acids is 1. The second-order valence-electron chi connectivity index (χ2n) is 4.26. The third-order valence-electron chi connectivity index (χ3n) is 2.80. The van der Waals surface area contributed by atoms with Gasteiger partial charge in [-0.2, -0.15) is 11.8 Å². The van der Waals surface area contributed by atoms with Crippen LogP contribution in [-0.4, -0.2) is 34.5 Å². The normalized spacial score (nSPS) is 19.5. The van der Waals surface area contributed by atoms with Crippen LogP contribution in [0.15, 0.2) is 17.5 Å². The minimum Gasteiger partial charge on any atom is -0.478 e. The molecule has 4 nitrogen and oxygen atoms in total. The van der Waals surface area contributed by atoms with Crippen molar-refractivity contribution >= 4 is 41.1 Å². The molecule has 1 aliphatic rings. The largest absolute Gasteiger partial charge is 0.478 e. The molecule has 102 valence electrons. The molecular weight excluding hydrogens is 282 g/mol. The van der Waals surface area contributed by atoms with E-state index in [1.54, 1.807) is 11.4 Å². The van der Waals surface area contributed by atoms with Crippen LogP contribution < -0.4 is 5.32 Å². The summed E-state index contributed by atoms with van der Waals surface area (Å²) < 4.78 is 0. The predicted octanol–water partition coefficient (Wildman–Crippen LogP) is 2.47. The Balaban J connectivity index is 2.02. The van der Waals surface area contributed by atoms with Gasteiger partial charge in [-0.25, -0.2) is 4.79 Å². The Labute approximate surface area is 119 Å². The van der Waals surface area contributed by atoms with Gasteiger partial charge in [0.15, 0.2) is 0 Å². The molecule has 1 aromatic rings. The number of amides is 1. The predicted molar refractivity (Wildman–Crippen MR) is 78.8 cm³/mol. The molecular formula is C13H15NO3S2. The standard InChI is InChI=1S/C13H15NO3S2/c15-11(16)4-3-9-5-7-19-12(9)13(17)14-10-2-1-6-18-8-10/h3-5,7,10H,1-2,6,8H2,(H,14,17)(H,15,16)/b4-3+. The van der Waals surface area contributed by atoms with Crippen molar-refractivity contribution in [2.75, 3.05) is 11.5 Å². The fourth-order valence-corrected chi connectivity index (χ4v) is 3.76. The molecule has 0 aromatic carbocycles. The molecule has 0 bridgehead atoms. The molecule has 6 heteroatoms. The van der Waals surface area contributed by atoms with Crippen LogP contribution in [0.3, 0.4) is 0 Å². The molecule has 0 spiro atoms. The highest BCUT2D eigenvalue weighted by Gasteiger charge is 2.19. The van der Waals surface area contributed by atoms with E-state index in [0.717, 1.165) is 30.4 Å². The highest BCUT2D eigenvalue weighted by molar-refractivity contribution is 7.99. The molecule has 0 radical (unpaired) electrons. The maximum absolute atomic E-state index is 12.1. The van der Waals surface area contributed by atoms with Crippen molar-refractivity contribution in [3.63, 3.8) is 0 Å². The number of thioether (sulfide) groups is 1. The smallest absolute Gasteiger partial charge is 0.328 e. The van der Waals surface area contributed by atoms with E-state index in [-0.39, 0.29) is 11.9 Å². The SMILES string of the molecule is O=C(O)/C=C/c1ccsc1C(=O)NC1CCCSC1. The Hall–Kier alpha value is -1.27. The molecule has 1 unspecified atom stereocenters. The maximum Gasteiger partial charge on any atom is 0.328 e. The topological polar surface area (TPSA) is 66.4 Å². The highest BCUT2D eigenvalue weighted by atomic mass is 32.2. The summed E-state index contributed by atoms with van der Waals surface area (Å²) in [7, 11) is 0. The first kappa shape index (κ1) is 14.1. The molecule has 2 heterocycles. The number of carboxylic acids is 1. The molecule has 1 saturated heterocycles. The lowest BCUT2D eigenvalue weighted by atomic mass is 10.1. The summed E-state index contributed by atoms with van der Waals surface area (Å²) in [6.07, 6.45) is 4.66. The minimum atomic E-state index is -1.01. The van der Waals surface area contributed by atoms with E-state index >= 15 is 0 Å². The van der Waals surface area contributed by atoms with Crippen molar-refractivity contribution < 1.29 is 14.7 Å². The Morgan fingerprint density at radius 1 is 1.47 bits per heavy atom. The van der Waals surface area contributed by atoms with Crippen LogP contribution in [0.25, 0.3) is 6.08 Å². The molecule has 1 aromatic heterocycles. The first-order valence-electron chi connectivity index (χ1n) is 6.04. The second-order valence-corrected chi connectivity index (χ2v) is 6.33. The quantitative estimate of drug-likeness (QED) is 0.838. The number of nitrogens with one attached hydrogen (secondary N) is 1. The Morgan fingerprint density at radius 3 is 3.00 bits per heavy atom. The maximum atomic E-state index is 12.1. The molecule has 1 amide bonds. The van der Waals surface area contributed by atoms with Gasteiger partial charge in [0.2, 0.25) is 0 Å². The average molecular weight is 297 g/mol. The van der Waals surface area contributed by atoms with E-state index < -0.39 is 5.97 Å². The van der Waals surface area contributed by atoms with E-state index in [0.29, 0.717) is 10.4 Å². The number of hydrogen-bond acceptors (Lipinski definition) is 4. The Bertz CT molecular complexity index is 490. The Kier molecular flexibility index (Phi) is 5.04. The first-order valence-corrected chi connectivity index (χ1v) is 8.07. The van der Waals surface area contributed by atoms with Crippen LogP contribution in [-0.2, 0) is 4.79 Å². The zero-order chi connectivity index (χ0) is 13.7. The van der Waals surface area contributed by atoms with Crippen LogP contribution in [0.2, 0.25) is 0 Å². The zero-order valence-corrected chi connectivity index (χ0v) is 11.9. The van der Waals surface area contributed by atoms with Gasteiger partial charge in [-0.1, -0.05) is 0 Å². The summed E-state index contributed by atoms with van der Waals surface area (Å²) in [6, 6.07) is 1.99. The number of carbonyl (C=O) groups is 2. The summed E-state index contributed by atoms with van der Waals surface area (Å²) in [6.45, 7) is 0. The summed E-state index contributed by atoms with van der Waals surface area (Å²) in [4.78, 5) is 23.2. The lowest BCUT2D eigenvalue weighted by molar-refractivity contribution is -0.131. The number of hydrogen-bond donors (Lipinski definition) is 2. The van der Waals surface area contributed by atoms with Crippen LogP contribution in [0.5, 0.6) is 0 Å². The Morgan fingerprint density at radius 2 is 2.32 bits per heavy atom. The van der Waals surface area contributed by atoms with Crippen LogP contribution in [0.4, 0.5) is 0 Å². The zero-order valence-electron chi connectivity index (χ0n) is 10.3. The van der Waals surface area contributed by atoms with Crippen LogP contribution >= 0.6 is 23.1 Å². The lowest BCUT2D eigenvalue weighted by Crippen LogP contribution is -2.38. The monoisotopic (exact) mass is 297 g/mol. The first-order chi connectivity index (χ1) is 9.16. The average Bonchev–Trinajstić information content (AvgIpc) is 2.86. The third-order valence-corrected chi connectivity index (χ3v) is 4.95. The van der Waals surface area contributed by atoms with Crippen molar-refractivity contribution in [1.29, 1.82) is 0 Å². The number of carboxylic acid groups (broad SMARTS) is 1.